The number of hydrogen-bond donors (Lipinski definition) is 2. The highest BCUT2D eigenvalue weighted by atomic mass is 16.4. The minimum Gasteiger partial charge on any atom is -0.478 e. The monoisotopic (exact) mass is 341 g/mol. The summed E-state index contributed by atoms with van der Waals surface area (Å²) < 4.78 is 7.14. The molecular formula is C18H19N3O4. The van der Waals surface area contributed by atoms with Crippen molar-refractivity contribution in [3.05, 3.63) is 53.7 Å². The molecule has 0 bridgehead atoms. The fraction of sp³-hybridized carbons (Fsp3) is 0.278. The highest BCUT2D eigenvalue weighted by molar-refractivity contribution is 5.95. The normalized spacial score (nSPS) is 11.2. The van der Waals surface area contributed by atoms with Crippen LogP contribution in [0.5, 0.6) is 0 Å². The predicted octanol–water partition coefficient (Wildman–Crippen LogP) is 2.88. The number of fused-ring (bicyclic) bond motifs is 1. The fourth-order valence-corrected chi connectivity index (χ4v) is 2.79. The van der Waals surface area contributed by atoms with Gasteiger partial charge in [0.25, 0.3) is 5.91 Å². The summed E-state index contributed by atoms with van der Waals surface area (Å²) in [5, 5.41) is 11.6. The van der Waals surface area contributed by atoms with Gasteiger partial charge in [-0.15, -0.1) is 0 Å². The van der Waals surface area contributed by atoms with Gasteiger partial charge in [0.2, 0.25) is 0 Å². The van der Waals surface area contributed by atoms with Crippen LogP contribution < -0.4 is 5.32 Å². The third-order valence-electron chi connectivity index (χ3n) is 3.89. The molecule has 25 heavy (non-hydrogen) atoms. The lowest BCUT2D eigenvalue weighted by Crippen LogP contribution is -2.26. The first-order valence-corrected chi connectivity index (χ1v) is 8.03. The van der Waals surface area contributed by atoms with E-state index in [4.69, 9.17) is 9.52 Å². The zero-order valence-corrected chi connectivity index (χ0v) is 14.0. The minimum atomic E-state index is -1.13. The van der Waals surface area contributed by atoms with Crippen molar-refractivity contribution in [2.24, 2.45) is 0 Å². The number of amides is 1. The molecule has 1 aromatic carbocycles. The Labute approximate surface area is 144 Å². The Morgan fingerprint density at radius 2 is 2.08 bits per heavy atom. The molecule has 0 unspecified atom stereocenters. The van der Waals surface area contributed by atoms with Crippen molar-refractivity contribution in [2.45, 2.75) is 26.3 Å². The second-order valence-electron chi connectivity index (χ2n) is 5.99. The van der Waals surface area contributed by atoms with E-state index in [0.29, 0.717) is 13.0 Å². The molecule has 2 heterocycles. The molecule has 7 nitrogen and oxygen atoms in total. The van der Waals surface area contributed by atoms with E-state index in [1.165, 1.54) is 6.07 Å². The number of hydrogen-bond acceptors (Lipinski definition) is 4. The summed E-state index contributed by atoms with van der Waals surface area (Å²) in [5.74, 6) is -0.704. The number of carboxylic acid groups (broad SMARTS) is 1. The molecule has 3 rings (SSSR count). The van der Waals surface area contributed by atoms with E-state index in [1.807, 2.05) is 24.3 Å². The largest absolute Gasteiger partial charge is 0.478 e. The number of carboxylic acids is 1. The standard InChI is InChI=1S/C18H19N3O4/c1-11(2)21-14-6-4-3-5-13(14)20-16(21)7-8-19-17(22)15-9-12(10-25-15)18(23)24/h3-6,9-11H,7-8H2,1-2H3,(H,19,22)(H,23,24). The first-order valence-electron chi connectivity index (χ1n) is 8.03. The van der Waals surface area contributed by atoms with Crippen molar-refractivity contribution in [3.63, 3.8) is 0 Å². The third-order valence-corrected chi connectivity index (χ3v) is 3.89. The number of nitrogens with one attached hydrogen (secondary N) is 1. The number of carbonyl (C=O) groups is 2. The molecule has 130 valence electrons. The van der Waals surface area contributed by atoms with E-state index in [2.05, 4.69) is 28.7 Å². The van der Waals surface area contributed by atoms with Gasteiger partial charge in [0, 0.05) is 25.1 Å². The summed E-state index contributed by atoms with van der Waals surface area (Å²) in [7, 11) is 0. The van der Waals surface area contributed by atoms with Crippen LogP contribution in [0.1, 0.15) is 46.6 Å². The molecule has 0 aliphatic rings. The lowest BCUT2D eigenvalue weighted by Gasteiger charge is -2.13. The van der Waals surface area contributed by atoms with Gasteiger partial charge in [-0.2, -0.15) is 0 Å². The second-order valence-corrected chi connectivity index (χ2v) is 5.99. The van der Waals surface area contributed by atoms with Crippen molar-refractivity contribution < 1.29 is 19.1 Å². The van der Waals surface area contributed by atoms with Crippen molar-refractivity contribution >= 4 is 22.9 Å². The Morgan fingerprint density at radius 1 is 1.32 bits per heavy atom. The molecule has 0 spiro atoms. The number of benzene rings is 1. The maximum Gasteiger partial charge on any atom is 0.338 e. The molecular weight excluding hydrogens is 322 g/mol. The Kier molecular flexibility index (Phi) is 4.56. The van der Waals surface area contributed by atoms with E-state index in [-0.39, 0.29) is 17.4 Å². The van der Waals surface area contributed by atoms with Gasteiger partial charge in [-0.1, -0.05) is 12.1 Å². The number of aromatic nitrogens is 2. The van der Waals surface area contributed by atoms with Crippen LogP contribution in [0.4, 0.5) is 0 Å². The molecule has 3 aromatic rings. The van der Waals surface area contributed by atoms with Crippen LogP contribution in [0.25, 0.3) is 11.0 Å². The summed E-state index contributed by atoms with van der Waals surface area (Å²) >= 11 is 0. The molecule has 7 heteroatoms. The Balaban J connectivity index is 1.69. The van der Waals surface area contributed by atoms with Gasteiger partial charge in [-0.05, 0) is 26.0 Å². The SMILES string of the molecule is CC(C)n1c(CCNC(=O)c2cc(C(=O)O)co2)nc2ccccc21. The van der Waals surface area contributed by atoms with Gasteiger partial charge in [0.15, 0.2) is 5.76 Å². The summed E-state index contributed by atoms with van der Waals surface area (Å²) in [6.45, 7) is 4.55. The Morgan fingerprint density at radius 3 is 2.76 bits per heavy atom. The Hall–Kier alpha value is -3.09. The smallest absolute Gasteiger partial charge is 0.338 e. The van der Waals surface area contributed by atoms with Gasteiger partial charge in [-0.3, -0.25) is 4.79 Å². The van der Waals surface area contributed by atoms with Crippen LogP contribution >= 0.6 is 0 Å². The summed E-state index contributed by atoms with van der Waals surface area (Å²) in [6.07, 6.45) is 1.61. The summed E-state index contributed by atoms with van der Waals surface area (Å²) in [6, 6.07) is 9.38. The molecule has 0 saturated heterocycles. The highest BCUT2D eigenvalue weighted by Crippen LogP contribution is 2.21. The van der Waals surface area contributed by atoms with Gasteiger partial charge in [0.1, 0.15) is 12.1 Å². The van der Waals surface area contributed by atoms with Gasteiger partial charge in [-0.25, -0.2) is 9.78 Å². The molecule has 0 atom stereocenters. The van der Waals surface area contributed by atoms with Crippen LogP contribution in [0.3, 0.4) is 0 Å². The van der Waals surface area contributed by atoms with Crippen molar-refractivity contribution in [1.29, 1.82) is 0 Å². The Bertz CT molecular complexity index is 923. The number of rotatable bonds is 6. The number of para-hydroxylation sites is 2. The van der Waals surface area contributed by atoms with E-state index in [9.17, 15) is 9.59 Å². The topological polar surface area (TPSA) is 97.4 Å². The molecule has 0 aliphatic carbocycles. The van der Waals surface area contributed by atoms with E-state index in [1.54, 1.807) is 0 Å². The second kappa shape index (κ2) is 6.80. The van der Waals surface area contributed by atoms with E-state index >= 15 is 0 Å². The molecule has 2 N–H and O–H groups in total. The first kappa shape index (κ1) is 16.8. The predicted molar refractivity (Wildman–Crippen MR) is 91.8 cm³/mol. The average molecular weight is 341 g/mol. The number of imidazole rings is 1. The minimum absolute atomic E-state index is 0.0187. The molecule has 0 fully saturated rings. The number of aromatic carboxylic acids is 1. The number of nitrogens with zero attached hydrogens (tertiary/aromatic N) is 2. The van der Waals surface area contributed by atoms with Crippen LogP contribution in [0.15, 0.2) is 41.0 Å². The number of carbonyl (C=O) groups excluding carboxylic acids is 1. The van der Waals surface area contributed by atoms with E-state index < -0.39 is 11.9 Å². The highest BCUT2D eigenvalue weighted by Gasteiger charge is 2.16. The van der Waals surface area contributed by atoms with Gasteiger partial charge < -0.3 is 19.4 Å². The zero-order valence-electron chi connectivity index (χ0n) is 14.0. The van der Waals surface area contributed by atoms with Crippen LogP contribution in [0, 0.1) is 0 Å². The molecule has 0 saturated carbocycles. The van der Waals surface area contributed by atoms with Crippen molar-refractivity contribution in [3.8, 4) is 0 Å². The molecule has 0 aliphatic heterocycles. The van der Waals surface area contributed by atoms with Crippen molar-refractivity contribution in [1.82, 2.24) is 14.9 Å². The summed E-state index contributed by atoms with van der Waals surface area (Å²) in [5.41, 5.74) is 1.94. The number of furan rings is 1. The maximum absolute atomic E-state index is 12.0. The van der Waals surface area contributed by atoms with Crippen LogP contribution in [0.2, 0.25) is 0 Å². The van der Waals surface area contributed by atoms with Crippen molar-refractivity contribution in [2.75, 3.05) is 6.54 Å². The lowest BCUT2D eigenvalue weighted by molar-refractivity contribution is 0.0695. The quantitative estimate of drug-likeness (QED) is 0.718. The first-order chi connectivity index (χ1) is 12.0. The lowest BCUT2D eigenvalue weighted by atomic mass is 10.3. The molecule has 1 amide bonds. The van der Waals surface area contributed by atoms with Crippen LogP contribution in [-0.2, 0) is 6.42 Å². The van der Waals surface area contributed by atoms with Gasteiger partial charge in [0.05, 0.1) is 16.6 Å². The maximum atomic E-state index is 12.0. The molecule has 0 radical (unpaired) electrons. The molecule has 2 aromatic heterocycles. The fourth-order valence-electron chi connectivity index (χ4n) is 2.79. The third kappa shape index (κ3) is 3.40. The average Bonchev–Trinajstić information content (AvgIpc) is 3.19. The van der Waals surface area contributed by atoms with Gasteiger partial charge >= 0.3 is 5.97 Å². The summed E-state index contributed by atoms with van der Waals surface area (Å²) in [4.78, 5) is 27.5. The van der Waals surface area contributed by atoms with E-state index in [0.717, 1.165) is 23.1 Å². The zero-order chi connectivity index (χ0) is 18.0. The van der Waals surface area contributed by atoms with Crippen LogP contribution in [-0.4, -0.2) is 33.1 Å².